The summed E-state index contributed by atoms with van der Waals surface area (Å²) >= 11 is 4.86. The summed E-state index contributed by atoms with van der Waals surface area (Å²) in [7, 11) is -3.21. The highest BCUT2D eigenvalue weighted by molar-refractivity contribution is 7.91. The molecule has 1 aliphatic heterocycles. The van der Waals surface area contributed by atoms with E-state index in [1.165, 1.54) is 0 Å². The molecule has 0 aromatic carbocycles. The van der Waals surface area contributed by atoms with Crippen molar-refractivity contribution < 1.29 is 21.6 Å². The van der Waals surface area contributed by atoms with Crippen LogP contribution in [-0.2, 0) is 21.6 Å². The lowest BCUT2D eigenvalue weighted by Crippen LogP contribution is -2.32. The molecule has 2 heterocycles. The third kappa shape index (κ3) is 2.33. The van der Waals surface area contributed by atoms with E-state index in [-0.39, 0.29) is 22.6 Å². The molecule has 1 N–H and O–H groups in total. The molecule has 0 spiro atoms. The number of aromatic amines is 1. The molecule has 1 aliphatic rings. The summed E-state index contributed by atoms with van der Waals surface area (Å²) in [4.78, 5) is 0. The molecule has 1 fully saturated rings. The van der Waals surface area contributed by atoms with Gasteiger partial charge in [-0.1, -0.05) is 12.2 Å². The van der Waals surface area contributed by atoms with Crippen LogP contribution in [0.1, 0.15) is 19.0 Å². The number of nitrogens with zero attached hydrogens (tertiary/aromatic N) is 1. The molecular formula is C9H11F3N2O2S2. The van der Waals surface area contributed by atoms with E-state index < -0.39 is 27.2 Å². The van der Waals surface area contributed by atoms with E-state index in [1.807, 2.05) is 0 Å². The van der Waals surface area contributed by atoms with Gasteiger partial charge in [0.1, 0.15) is 10.3 Å². The van der Waals surface area contributed by atoms with Crippen LogP contribution in [0.5, 0.6) is 0 Å². The van der Waals surface area contributed by atoms with Crippen molar-refractivity contribution in [3.8, 4) is 0 Å². The number of sulfone groups is 1. The fourth-order valence-electron chi connectivity index (χ4n) is 2.11. The number of H-pyrrole nitrogens is 1. The predicted molar refractivity (Wildman–Crippen MR) is 61.5 cm³/mol. The summed E-state index contributed by atoms with van der Waals surface area (Å²) in [5.74, 6) is -0.238. The summed E-state index contributed by atoms with van der Waals surface area (Å²) in [6, 6.07) is 0.811. The van der Waals surface area contributed by atoms with Gasteiger partial charge in [0.2, 0.25) is 0 Å². The number of hydrogen-bond acceptors (Lipinski definition) is 3. The molecule has 102 valence electrons. The first-order chi connectivity index (χ1) is 8.04. The Morgan fingerprint density at radius 2 is 2.11 bits per heavy atom. The molecule has 0 aliphatic carbocycles. The molecule has 2 rings (SSSR count). The lowest BCUT2D eigenvalue weighted by Gasteiger charge is -2.24. The minimum Gasteiger partial charge on any atom is -0.292 e. The molecule has 1 unspecified atom stereocenters. The van der Waals surface area contributed by atoms with Gasteiger partial charge in [0, 0.05) is 6.07 Å². The van der Waals surface area contributed by atoms with Crippen LogP contribution in [0.15, 0.2) is 6.07 Å². The fraction of sp³-hybridized carbons (Fsp3) is 0.667. The van der Waals surface area contributed by atoms with Gasteiger partial charge >= 0.3 is 6.18 Å². The van der Waals surface area contributed by atoms with Gasteiger partial charge < -0.3 is 0 Å². The second-order valence-corrected chi connectivity index (χ2v) is 7.28. The van der Waals surface area contributed by atoms with E-state index in [0.29, 0.717) is 0 Å². The maximum Gasteiger partial charge on any atom is 0.432 e. The number of nitrogens with one attached hydrogen (secondary N) is 1. The SMILES string of the molecule is CC1(n2[nH]c(C(F)(F)F)cc2=S)CCS(=O)(=O)C1. The Labute approximate surface area is 107 Å². The van der Waals surface area contributed by atoms with Crippen LogP contribution in [0.2, 0.25) is 0 Å². The Hall–Kier alpha value is -0.830. The Morgan fingerprint density at radius 3 is 2.50 bits per heavy atom. The largest absolute Gasteiger partial charge is 0.432 e. The van der Waals surface area contributed by atoms with E-state index in [2.05, 4.69) is 5.10 Å². The van der Waals surface area contributed by atoms with Crippen molar-refractivity contribution >= 4 is 22.1 Å². The molecule has 0 bridgehead atoms. The van der Waals surface area contributed by atoms with Crippen LogP contribution in [0.25, 0.3) is 0 Å². The molecule has 1 aromatic heterocycles. The van der Waals surface area contributed by atoms with E-state index in [9.17, 15) is 21.6 Å². The monoisotopic (exact) mass is 300 g/mol. The first kappa shape index (κ1) is 13.6. The summed E-state index contributed by atoms with van der Waals surface area (Å²) in [6.45, 7) is 1.59. The smallest absolute Gasteiger partial charge is 0.292 e. The Kier molecular flexibility index (Phi) is 2.89. The zero-order valence-corrected chi connectivity index (χ0v) is 11.0. The number of alkyl halides is 3. The van der Waals surface area contributed by atoms with Gasteiger partial charge in [-0.3, -0.25) is 9.78 Å². The first-order valence-electron chi connectivity index (χ1n) is 5.14. The van der Waals surface area contributed by atoms with Gasteiger partial charge in [-0.05, 0) is 13.3 Å². The molecular weight excluding hydrogens is 289 g/mol. The highest BCUT2D eigenvalue weighted by Crippen LogP contribution is 2.33. The predicted octanol–water partition coefficient (Wildman–Crippen LogP) is 2.10. The van der Waals surface area contributed by atoms with Gasteiger partial charge in [0.15, 0.2) is 9.84 Å². The average Bonchev–Trinajstić information content (AvgIpc) is 2.68. The highest BCUT2D eigenvalue weighted by atomic mass is 32.2. The van der Waals surface area contributed by atoms with Crippen molar-refractivity contribution in [2.75, 3.05) is 11.5 Å². The molecule has 18 heavy (non-hydrogen) atoms. The summed E-state index contributed by atoms with van der Waals surface area (Å²) in [6.07, 6.45) is -4.27. The van der Waals surface area contributed by atoms with Gasteiger partial charge in [-0.2, -0.15) is 13.2 Å². The third-order valence-corrected chi connectivity index (χ3v) is 5.24. The van der Waals surface area contributed by atoms with E-state index >= 15 is 0 Å². The molecule has 4 nitrogen and oxygen atoms in total. The normalized spacial score (nSPS) is 27.6. The van der Waals surface area contributed by atoms with Crippen LogP contribution in [0.4, 0.5) is 13.2 Å². The maximum absolute atomic E-state index is 12.5. The van der Waals surface area contributed by atoms with E-state index in [1.54, 1.807) is 6.92 Å². The van der Waals surface area contributed by atoms with E-state index in [0.717, 1.165) is 10.7 Å². The average molecular weight is 300 g/mol. The van der Waals surface area contributed by atoms with Crippen LogP contribution in [-0.4, -0.2) is 29.7 Å². The number of aromatic nitrogens is 2. The summed E-state index contributed by atoms with van der Waals surface area (Å²) in [5, 5.41) is 2.16. The maximum atomic E-state index is 12.5. The lowest BCUT2D eigenvalue weighted by molar-refractivity contribution is -0.141. The van der Waals surface area contributed by atoms with Gasteiger partial charge in [0.25, 0.3) is 0 Å². The van der Waals surface area contributed by atoms with E-state index in [4.69, 9.17) is 12.2 Å². The molecule has 0 amide bonds. The van der Waals surface area contributed by atoms with Crippen molar-refractivity contribution in [2.45, 2.75) is 25.1 Å². The Balaban J connectivity index is 2.48. The quantitative estimate of drug-likeness (QED) is 0.808. The lowest BCUT2D eigenvalue weighted by atomic mass is 10.0. The van der Waals surface area contributed by atoms with Crippen molar-refractivity contribution in [1.29, 1.82) is 0 Å². The number of halogens is 3. The molecule has 9 heteroatoms. The minimum absolute atomic E-state index is 0.0361. The second-order valence-electron chi connectivity index (χ2n) is 4.68. The van der Waals surface area contributed by atoms with Crippen molar-refractivity contribution in [3.05, 3.63) is 16.4 Å². The van der Waals surface area contributed by atoms with Crippen LogP contribution in [0, 0.1) is 4.64 Å². The number of rotatable bonds is 1. The zero-order chi connectivity index (χ0) is 13.8. The van der Waals surface area contributed by atoms with Crippen LogP contribution >= 0.6 is 12.2 Å². The van der Waals surface area contributed by atoms with Crippen molar-refractivity contribution in [1.82, 2.24) is 9.78 Å². The van der Waals surface area contributed by atoms with Crippen LogP contribution < -0.4 is 0 Å². The molecule has 1 aromatic rings. The molecule has 1 saturated heterocycles. The zero-order valence-electron chi connectivity index (χ0n) is 9.41. The fourth-order valence-corrected chi connectivity index (χ4v) is 4.61. The van der Waals surface area contributed by atoms with Crippen molar-refractivity contribution in [2.24, 2.45) is 0 Å². The topological polar surface area (TPSA) is 54.9 Å². The van der Waals surface area contributed by atoms with Crippen molar-refractivity contribution in [3.63, 3.8) is 0 Å². The molecule has 0 radical (unpaired) electrons. The molecule has 1 atom stereocenters. The second kappa shape index (κ2) is 3.83. The van der Waals surface area contributed by atoms with Crippen LogP contribution in [0.3, 0.4) is 0 Å². The minimum atomic E-state index is -4.52. The van der Waals surface area contributed by atoms with Gasteiger partial charge in [-0.25, -0.2) is 8.42 Å². The van der Waals surface area contributed by atoms with Gasteiger partial charge in [0.05, 0.1) is 17.0 Å². The molecule has 0 saturated carbocycles. The summed E-state index contributed by atoms with van der Waals surface area (Å²) in [5.41, 5.74) is -1.89. The Bertz CT molecular complexity index is 629. The summed E-state index contributed by atoms with van der Waals surface area (Å²) < 4.78 is 61.6. The highest BCUT2D eigenvalue weighted by Gasteiger charge is 2.42. The first-order valence-corrected chi connectivity index (χ1v) is 7.37. The standard InChI is InChI=1S/C9H11F3N2O2S2/c1-8(2-3-18(15,16)5-8)14-7(17)4-6(13-14)9(10,11)12/h4,13H,2-3,5H2,1H3. The Morgan fingerprint density at radius 1 is 1.50 bits per heavy atom. The van der Waals surface area contributed by atoms with Gasteiger partial charge in [-0.15, -0.1) is 0 Å². The number of hydrogen-bond donors (Lipinski definition) is 1. The third-order valence-electron chi connectivity index (χ3n) is 3.05.